The molecule has 2 atom stereocenters. The minimum atomic E-state index is -0.571. The first-order chi connectivity index (χ1) is 13.0. The summed E-state index contributed by atoms with van der Waals surface area (Å²) >= 11 is 11.9. The van der Waals surface area contributed by atoms with Crippen molar-refractivity contribution in [3.05, 3.63) is 63.6 Å². The number of esters is 1. The molecule has 2 N–H and O–H groups in total. The van der Waals surface area contributed by atoms with Crippen molar-refractivity contribution in [3.63, 3.8) is 0 Å². The number of carbonyl (C=O) groups is 2. The van der Waals surface area contributed by atoms with Gasteiger partial charge in [0.25, 0.3) is 0 Å². The molecule has 0 spiro atoms. The summed E-state index contributed by atoms with van der Waals surface area (Å²) < 4.78 is 4.96. The van der Waals surface area contributed by atoms with Crippen molar-refractivity contribution in [2.24, 2.45) is 0 Å². The lowest BCUT2D eigenvalue weighted by Crippen LogP contribution is -3.16. The molecule has 0 aromatic heterocycles. The van der Waals surface area contributed by atoms with Crippen molar-refractivity contribution in [2.75, 3.05) is 19.0 Å². The van der Waals surface area contributed by atoms with E-state index >= 15 is 0 Å². The summed E-state index contributed by atoms with van der Waals surface area (Å²) in [6.45, 7) is 1.46. The molecule has 2 aromatic rings. The Kier molecular flexibility index (Phi) is 6.37. The van der Waals surface area contributed by atoms with E-state index in [2.05, 4.69) is 17.4 Å². The Morgan fingerprint density at radius 2 is 1.81 bits per heavy atom. The van der Waals surface area contributed by atoms with Gasteiger partial charge < -0.3 is 15.0 Å². The fourth-order valence-corrected chi connectivity index (χ4v) is 3.99. The summed E-state index contributed by atoms with van der Waals surface area (Å²) in [6, 6.07) is 12.4. The lowest BCUT2D eigenvalue weighted by atomic mass is 9.98. The molecule has 3 rings (SSSR count). The highest BCUT2D eigenvalue weighted by atomic mass is 35.5. The van der Waals surface area contributed by atoms with E-state index in [1.54, 1.807) is 18.2 Å². The molecule has 1 unspecified atom stereocenters. The number of amides is 1. The van der Waals surface area contributed by atoms with Gasteiger partial charge in [0, 0.05) is 27.7 Å². The number of methoxy groups -OCH3 is 1. The van der Waals surface area contributed by atoms with Crippen LogP contribution in [-0.4, -0.2) is 31.6 Å². The Bertz CT molecular complexity index is 837. The van der Waals surface area contributed by atoms with Crippen LogP contribution in [0.25, 0.3) is 0 Å². The molecule has 0 aliphatic carbocycles. The van der Waals surface area contributed by atoms with Gasteiger partial charge in [-0.25, -0.2) is 4.79 Å². The molecule has 1 aliphatic heterocycles. The topological polar surface area (TPSA) is 59.8 Å². The third-order valence-corrected chi connectivity index (χ3v) is 5.20. The minimum absolute atomic E-state index is 0.0221. The van der Waals surface area contributed by atoms with Crippen molar-refractivity contribution in [1.82, 2.24) is 0 Å². The summed E-state index contributed by atoms with van der Waals surface area (Å²) in [5, 5.41) is 3.62. The number of nitrogens with one attached hydrogen (secondary N) is 2. The molecule has 1 amide bonds. The average Bonchev–Trinajstić information content (AvgIpc) is 2.64. The fraction of sp³-hybridized carbons (Fsp3) is 0.300. The number of quaternary nitrogens is 1. The molecule has 5 nitrogen and oxygen atoms in total. The van der Waals surface area contributed by atoms with Gasteiger partial charge in [-0.1, -0.05) is 47.5 Å². The maximum atomic E-state index is 12.5. The van der Waals surface area contributed by atoms with Gasteiger partial charge in [0.15, 0.2) is 6.04 Å². The van der Waals surface area contributed by atoms with Crippen LogP contribution in [-0.2, 0) is 27.3 Å². The van der Waals surface area contributed by atoms with Crippen LogP contribution in [0.5, 0.6) is 0 Å². The van der Waals surface area contributed by atoms with E-state index < -0.39 is 6.04 Å². The maximum absolute atomic E-state index is 12.5. The molecule has 0 saturated carbocycles. The van der Waals surface area contributed by atoms with E-state index in [1.165, 1.54) is 18.2 Å². The molecular weight excluding hydrogens is 387 g/mol. The zero-order chi connectivity index (χ0) is 19.4. The van der Waals surface area contributed by atoms with E-state index in [9.17, 15) is 9.59 Å². The predicted octanol–water partition coefficient (Wildman–Crippen LogP) is 2.50. The van der Waals surface area contributed by atoms with Crippen molar-refractivity contribution >= 4 is 40.8 Å². The lowest BCUT2D eigenvalue weighted by molar-refractivity contribution is -0.931. The standard InChI is InChI=1S/C20H20Cl2N2O3/c1-27-20(26)18(24-7-6-13-4-2-3-5-14(13)12-24)11-19(25)23-17-9-15(21)8-16(22)10-17/h2-5,8-10,18H,6-7,11-12H2,1H3,(H,23,25)/p+1/t18-/m0/s1. The van der Waals surface area contributed by atoms with E-state index in [-0.39, 0.29) is 18.3 Å². The molecule has 27 heavy (non-hydrogen) atoms. The first-order valence-electron chi connectivity index (χ1n) is 8.71. The van der Waals surface area contributed by atoms with Crippen LogP contribution < -0.4 is 10.2 Å². The molecule has 0 radical (unpaired) electrons. The maximum Gasteiger partial charge on any atom is 0.365 e. The van der Waals surface area contributed by atoms with E-state index in [4.69, 9.17) is 27.9 Å². The Balaban J connectivity index is 1.72. The van der Waals surface area contributed by atoms with Crippen LogP contribution in [0.2, 0.25) is 10.0 Å². The summed E-state index contributed by atoms with van der Waals surface area (Å²) in [7, 11) is 1.35. The Hall–Kier alpha value is -2.08. The van der Waals surface area contributed by atoms with Crippen LogP contribution in [0, 0.1) is 0 Å². The zero-order valence-electron chi connectivity index (χ0n) is 14.9. The molecule has 7 heteroatoms. The molecule has 0 bridgehead atoms. The molecular formula is C20H21Cl2N2O3+. The van der Waals surface area contributed by atoms with Crippen LogP contribution in [0.3, 0.4) is 0 Å². The number of hydrogen-bond acceptors (Lipinski definition) is 3. The van der Waals surface area contributed by atoms with Crippen LogP contribution >= 0.6 is 23.2 Å². The highest BCUT2D eigenvalue weighted by Gasteiger charge is 2.35. The third kappa shape index (κ3) is 5.01. The van der Waals surface area contributed by atoms with E-state index in [0.717, 1.165) is 17.9 Å². The summed E-state index contributed by atoms with van der Waals surface area (Å²) in [5.74, 6) is -0.668. The minimum Gasteiger partial charge on any atom is -0.465 e. The van der Waals surface area contributed by atoms with Crippen molar-refractivity contribution in [2.45, 2.75) is 25.4 Å². The Morgan fingerprint density at radius 1 is 1.15 bits per heavy atom. The zero-order valence-corrected chi connectivity index (χ0v) is 16.4. The number of halogens is 2. The van der Waals surface area contributed by atoms with Crippen molar-refractivity contribution in [3.8, 4) is 0 Å². The second-order valence-electron chi connectivity index (χ2n) is 6.59. The van der Waals surface area contributed by atoms with Gasteiger partial charge in [-0.05, 0) is 23.8 Å². The number of ether oxygens (including phenoxy) is 1. The number of anilines is 1. The quantitative estimate of drug-likeness (QED) is 0.748. The normalized spacial score (nSPS) is 16.9. The molecule has 0 saturated heterocycles. The van der Waals surface area contributed by atoms with Crippen LogP contribution in [0.15, 0.2) is 42.5 Å². The second kappa shape index (κ2) is 8.74. The first kappa shape index (κ1) is 19.7. The molecule has 0 fully saturated rings. The predicted molar refractivity (Wildman–Crippen MR) is 105 cm³/mol. The fourth-order valence-electron chi connectivity index (χ4n) is 3.46. The lowest BCUT2D eigenvalue weighted by Gasteiger charge is -2.30. The van der Waals surface area contributed by atoms with Gasteiger partial charge in [-0.2, -0.15) is 0 Å². The Morgan fingerprint density at radius 3 is 2.48 bits per heavy atom. The highest BCUT2D eigenvalue weighted by molar-refractivity contribution is 6.35. The summed E-state index contributed by atoms with van der Waals surface area (Å²) in [5.41, 5.74) is 3.00. The van der Waals surface area contributed by atoms with Gasteiger partial charge >= 0.3 is 5.97 Å². The van der Waals surface area contributed by atoms with Gasteiger partial charge in [0.05, 0.1) is 20.1 Å². The number of hydrogen-bond donors (Lipinski definition) is 2. The van der Waals surface area contributed by atoms with Crippen LogP contribution in [0.1, 0.15) is 17.5 Å². The molecule has 1 heterocycles. The monoisotopic (exact) mass is 407 g/mol. The highest BCUT2D eigenvalue weighted by Crippen LogP contribution is 2.22. The molecule has 2 aromatic carbocycles. The van der Waals surface area contributed by atoms with Crippen molar-refractivity contribution in [1.29, 1.82) is 0 Å². The van der Waals surface area contributed by atoms with Gasteiger partial charge in [-0.15, -0.1) is 0 Å². The Labute approximate surface area is 168 Å². The van der Waals surface area contributed by atoms with E-state index in [1.807, 2.05) is 12.1 Å². The smallest absolute Gasteiger partial charge is 0.365 e. The van der Waals surface area contributed by atoms with Gasteiger partial charge in [0.2, 0.25) is 5.91 Å². The number of carbonyl (C=O) groups excluding carboxylic acids is 2. The van der Waals surface area contributed by atoms with E-state index in [0.29, 0.717) is 22.3 Å². The SMILES string of the molecule is COC(=O)[C@H](CC(=O)Nc1cc(Cl)cc(Cl)c1)[NH+]1CCc2ccccc2C1. The summed E-state index contributed by atoms with van der Waals surface area (Å²) in [6.07, 6.45) is 0.888. The number of rotatable bonds is 5. The number of fused-ring (bicyclic) bond motifs is 1. The summed E-state index contributed by atoms with van der Waals surface area (Å²) in [4.78, 5) is 25.9. The first-order valence-corrected chi connectivity index (χ1v) is 9.47. The third-order valence-electron chi connectivity index (χ3n) is 4.77. The van der Waals surface area contributed by atoms with Crippen LogP contribution in [0.4, 0.5) is 5.69 Å². The second-order valence-corrected chi connectivity index (χ2v) is 7.46. The van der Waals surface area contributed by atoms with Crippen molar-refractivity contribution < 1.29 is 19.2 Å². The van der Waals surface area contributed by atoms with Gasteiger partial charge in [-0.3, -0.25) is 4.79 Å². The largest absolute Gasteiger partial charge is 0.465 e. The number of benzene rings is 2. The average molecular weight is 408 g/mol. The van der Waals surface area contributed by atoms with Gasteiger partial charge in [0.1, 0.15) is 6.54 Å². The molecule has 142 valence electrons. The molecule has 1 aliphatic rings.